The van der Waals surface area contributed by atoms with E-state index in [-0.39, 0.29) is 12.1 Å². The molecule has 0 saturated heterocycles. The largest absolute Gasteiger partial charge is 0.459 e. The number of carbonyl (C=O) groups is 1. The molecule has 1 radical (unpaired) electrons. The van der Waals surface area contributed by atoms with Gasteiger partial charge in [-0.2, -0.15) is 0 Å². The molecule has 2 heteroatoms. The lowest BCUT2D eigenvalue weighted by atomic mass is 10.3. The van der Waals surface area contributed by atoms with Crippen LogP contribution in [0.5, 0.6) is 0 Å². The molecule has 0 fully saturated rings. The van der Waals surface area contributed by atoms with E-state index in [9.17, 15) is 4.79 Å². The zero-order valence-corrected chi connectivity index (χ0v) is 5.76. The first-order valence-electron chi connectivity index (χ1n) is 2.83. The van der Waals surface area contributed by atoms with Crippen molar-refractivity contribution in [3.05, 3.63) is 19.1 Å². The minimum atomic E-state index is -0.374. The van der Waals surface area contributed by atoms with Crippen molar-refractivity contribution >= 4 is 5.97 Å². The van der Waals surface area contributed by atoms with Crippen LogP contribution in [-0.2, 0) is 9.53 Å². The first-order chi connectivity index (χ1) is 4.20. The van der Waals surface area contributed by atoms with Crippen LogP contribution in [0.1, 0.15) is 13.8 Å². The number of hydrogen-bond acceptors (Lipinski definition) is 2. The van der Waals surface area contributed by atoms with Gasteiger partial charge in [0, 0.05) is 6.08 Å². The van der Waals surface area contributed by atoms with Crippen LogP contribution >= 0.6 is 0 Å². The first-order valence-corrected chi connectivity index (χ1v) is 2.83. The van der Waals surface area contributed by atoms with Crippen molar-refractivity contribution in [2.45, 2.75) is 20.0 Å². The van der Waals surface area contributed by atoms with Crippen LogP contribution in [0, 0.1) is 6.42 Å². The lowest BCUT2D eigenvalue weighted by Crippen LogP contribution is -2.11. The molecule has 1 atom stereocenters. The molecule has 0 aromatic carbocycles. The van der Waals surface area contributed by atoms with Gasteiger partial charge in [0.2, 0.25) is 0 Å². The van der Waals surface area contributed by atoms with Gasteiger partial charge in [-0.05, 0) is 13.3 Å². The molecule has 0 amide bonds. The maximum Gasteiger partial charge on any atom is 0.330 e. The highest BCUT2D eigenvalue weighted by atomic mass is 16.5. The Bertz CT molecular complexity index is 107. The molecule has 2 nitrogen and oxygen atoms in total. The van der Waals surface area contributed by atoms with E-state index in [2.05, 4.69) is 6.58 Å². The van der Waals surface area contributed by atoms with Gasteiger partial charge in [0.05, 0.1) is 0 Å². The molecule has 0 rings (SSSR count). The van der Waals surface area contributed by atoms with Crippen molar-refractivity contribution < 1.29 is 9.53 Å². The standard InChI is InChI=1S/C7H11O2/c1-4-6(3)9-7(8)5-2/h4-6H,2H2,1,3H3. The van der Waals surface area contributed by atoms with Crippen LogP contribution in [-0.4, -0.2) is 12.1 Å². The molecule has 0 heterocycles. The van der Waals surface area contributed by atoms with Gasteiger partial charge in [0.15, 0.2) is 0 Å². The molecule has 1 unspecified atom stereocenters. The van der Waals surface area contributed by atoms with Crippen molar-refractivity contribution in [2.75, 3.05) is 0 Å². The smallest absolute Gasteiger partial charge is 0.330 e. The molecular weight excluding hydrogens is 116 g/mol. The molecule has 0 spiro atoms. The van der Waals surface area contributed by atoms with E-state index >= 15 is 0 Å². The predicted octanol–water partition coefficient (Wildman–Crippen LogP) is 1.33. The van der Waals surface area contributed by atoms with Gasteiger partial charge in [0.25, 0.3) is 0 Å². The van der Waals surface area contributed by atoms with E-state index < -0.39 is 0 Å². The Labute approximate surface area is 55.5 Å². The zero-order valence-electron chi connectivity index (χ0n) is 5.76. The highest BCUT2D eigenvalue weighted by Crippen LogP contribution is 1.94. The third kappa shape index (κ3) is 3.76. The monoisotopic (exact) mass is 127 g/mol. The normalized spacial score (nSPS) is 12.2. The molecule has 0 N–H and O–H groups in total. The fourth-order valence-electron chi connectivity index (χ4n) is 0.299. The summed E-state index contributed by atoms with van der Waals surface area (Å²) < 4.78 is 4.74. The summed E-state index contributed by atoms with van der Waals surface area (Å²) in [6.07, 6.45) is 2.83. The number of rotatable bonds is 3. The van der Waals surface area contributed by atoms with Crippen molar-refractivity contribution in [1.29, 1.82) is 0 Å². The summed E-state index contributed by atoms with van der Waals surface area (Å²) in [5.74, 6) is -0.374. The summed E-state index contributed by atoms with van der Waals surface area (Å²) in [6.45, 7) is 6.89. The van der Waals surface area contributed by atoms with Crippen molar-refractivity contribution in [2.24, 2.45) is 0 Å². The van der Waals surface area contributed by atoms with Gasteiger partial charge < -0.3 is 4.74 Å². The van der Waals surface area contributed by atoms with E-state index in [4.69, 9.17) is 4.74 Å². The second kappa shape index (κ2) is 4.13. The van der Waals surface area contributed by atoms with Gasteiger partial charge in [-0.3, -0.25) is 0 Å². The maximum absolute atomic E-state index is 10.4. The average molecular weight is 127 g/mol. The fraction of sp³-hybridized carbons (Fsp3) is 0.429. The van der Waals surface area contributed by atoms with Crippen LogP contribution < -0.4 is 0 Å². The topological polar surface area (TPSA) is 26.3 Å². The lowest BCUT2D eigenvalue weighted by Gasteiger charge is -2.06. The summed E-state index contributed by atoms with van der Waals surface area (Å²) in [5.41, 5.74) is 0. The van der Waals surface area contributed by atoms with Crippen molar-refractivity contribution in [3.63, 3.8) is 0 Å². The second-order valence-electron chi connectivity index (χ2n) is 1.68. The molecule has 0 aliphatic heterocycles. The molecule has 0 aromatic heterocycles. The third-order valence-electron chi connectivity index (χ3n) is 0.938. The number of ether oxygens (including phenoxy) is 1. The highest BCUT2D eigenvalue weighted by molar-refractivity contribution is 5.81. The van der Waals surface area contributed by atoms with E-state index in [0.29, 0.717) is 0 Å². The summed E-state index contributed by atoms with van der Waals surface area (Å²) in [6, 6.07) is 0. The lowest BCUT2D eigenvalue weighted by molar-refractivity contribution is -0.140. The Morgan fingerprint density at radius 3 is 2.67 bits per heavy atom. The van der Waals surface area contributed by atoms with Gasteiger partial charge in [-0.25, -0.2) is 4.79 Å². The van der Waals surface area contributed by atoms with Crippen LogP contribution in [0.3, 0.4) is 0 Å². The summed E-state index contributed by atoms with van der Waals surface area (Å²) in [7, 11) is 0. The number of esters is 1. The van der Waals surface area contributed by atoms with Gasteiger partial charge in [0.1, 0.15) is 6.10 Å². The predicted molar refractivity (Wildman–Crippen MR) is 35.7 cm³/mol. The Morgan fingerprint density at radius 2 is 2.33 bits per heavy atom. The quantitative estimate of drug-likeness (QED) is 0.422. The average Bonchev–Trinajstić information content (AvgIpc) is 1.87. The van der Waals surface area contributed by atoms with Gasteiger partial charge in [-0.1, -0.05) is 13.5 Å². The van der Waals surface area contributed by atoms with E-state index in [1.165, 1.54) is 0 Å². The SMILES string of the molecule is C=CC(=O)OC(C)[CH]C. The second-order valence-corrected chi connectivity index (χ2v) is 1.68. The zero-order chi connectivity index (χ0) is 7.28. The molecule has 9 heavy (non-hydrogen) atoms. The molecule has 51 valence electrons. The molecule has 0 saturated carbocycles. The Hall–Kier alpha value is -0.790. The highest BCUT2D eigenvalue weighted by Gasteiger charge is 2.01. The van der Waals surface area contributed by atoms with E-state index in [1.54, 1.807) is 13.3 Å². The molecular formula is C7H11O2. The molecule has 0 aromatic rings. The molecule has 0 aliphatic rings. The van der Waals surface area contributed by atoms with Gasteiger partial charge in [-0.15, -0.1) is 0 Å². The minimum absolute atomic E-state index is 0.115. The fourth-order valence-corrected chi connectivity index (χ4v) is 0.299. The van der Waals surface area contributed by atoms with E-state index in [0.717, 1.165) is 6.08 Å². The van der Waals surface area contributed by atoms with Crippen LogP contribution in [0.2, 0.25) is 0 Å². The van der Waals surface area contributed by atoms with Crippen molar-refractivity contribution in [1.82, 2.24) is 0 Å². The van der Waals surface area contributed by atoms with Crippen LogP contribution in [0.4, 0.5) is 0 Å². The summed E-state index contributed by atoms with van der Waals surface area (Å²) >= 11 is 0. The Morgan fingerprint density at radius 1 is 1.78 bits per heavy atom. The van der Waals surface area contributed by atoms with Crippen LogP contribution in [0.25, 0.3) is 0 Å². The first kappa shape index (κ1) is 8.21. The van der Waals surface area contributed by atoms with Gasteiger partial charge >= 0.3 is 5.97 Å². The van der Waals surface area contributed by atoms with Crippen molar-refractivity contribution in [3.8, 4) is 0 Å². The third-order valence-corrected chi connectivity index (χ3v) is 0.938. The Kier molecular flexibility index (Phi) is 3.76. The Balaban J connectivity index is 3.46. The maximum atomic E-state index is 10.4. The number of carbonyl (C=O) groups excluding carboxylic acids is 1. The molecule has 0 aliphatic carbocycles. The summed E-state index contributed by atoms with van der Waals surface area (Å²) in [4.78, 5) is 10.4. The van der Waals surface area contributed by atoms with E-state index in [1.807, 2.05) is 6.92 Å². The molecule has 0 bridgehead atoms. The number of hydrogen-bond donors (Lipinski definition) is 0. The minimum Gasteiger partial charge on any atom is -0.459 e. The summed E-state index contributed by atoms with van der Waals surface area (Å²) in [5, 5.41) is 0. The van der Waals surface area contributed by atoms with Crippen LogP contribution in [0.15, 0.2) is 12.7 Å².